The molecule has 1 rings (SSSR count). The van der Waals surface area contributed by atoms with Gasteiger partial charge in [-0.25, -0.2) is 13.2 Å². The Morgan fingerprint density at radius 1 is 1.25 bits per heavy atom. The normalized spacial score (nSPS) is 12.6. The summed E-state index contributed by atoms with van der Waals surface area (Å²) in [7, 11) is 0. The third kappa shape index (κ3) is 4.80. The third-order valence-corrected chi connectivity index (χ3v) is 2.32. The first-order valence-electron chi connectivity index (χ1n) is 5.66. The van der Waals surface area contributed by atoms with E-state index in [1.54, 1.807) is 13.8 Å². The second kappa shape index (κ2) is 7.22. The molecule has 1 unspecified atom stereocenters. The number of hydrogen-bond acceptors (Lipinski definition) is 5. The standard InChI is InChI=1S/C10H13ClF3N5O/c1-4(2)7(20)16-10-18-8(11)17-9(19-10)15-5(3-12)6(13)14/h4-6H,3H2,1-2H3,(H2,15,16,17,18,19,20). The Labute approximate surface area is 118 Å². The van der Waals surface area contributed by atoms with Crippen LogP contribution < -0.4 is 10.6 Å². The van der Waals surface area contributed by atoms with Crippen LogP contribution in [0.15, 0.2) is 0 Å². The largest absolute Gasteiger partial charge is 0.343 e. The smallest absolute Gasteiger partial charge is 0.261 e. The zero-order chi connectivity index (χ0) is 15.3. The minimum atomic E-state index is -2.94. The number of carbonyl (C=O) groups excluding carboxylic acids is 1. The highest BCUT2D eigenvalue weighted by Crippen LogP contribution is 2.13. The second-order valence-electron chi connectivity index (χ2n) is 4.14. The Morgan fingerprint density at radius 3 is 2.35 bits per heavy atom. The van der Waals surface area contributed by atoms with Crippen molar-refractivity contribution < 1.29 is 18.0 Å². The molecule has 1 amide bonds. The average Bonchev–Trinajstić information content (AvgIpc) is 2.34. The van der Waals surface area contributed by atoms with Gasteiger partial charge in [0.2, 0.25) is 23.1 Å². The molecule has 0 aliphatic heterocycles. The minimum absolute atomic E-state index is 0.196. The predicted molar refractivity (Wildman–Crippen MR) is 67.7 cm³/mol. The molecule has 1 heterocycles. The highest BCUT2D eigenvalue weighted by Gasteiger charge is 2.22. The van der Waals surface area contributed by atoms with Gasteiger partial charge in [-0.3, -0.25) is 10.1 Å². The van der Waals surface area contributed by atoms with E-state index >= 15 is 0 Å². The molecule has 10 heteroatoms. The van der Waals surface area contributed by atoms with Crippen LogP contribution in [0.3, 0.4) is 0 Å². The molecule has 0 aliphatic rings. The number of amides is 1. The summed E-state index contributed by atoms with van der Waals surface area (Å²) in [5.74, 6) is -1.25. The maximum Gasteiger partial charge on any atom is 0.261 e. The summed E-state index contributed by atoms with van der Waals surface area (Å²) in [6, 6.07) is -1.76. The van der Waals surface area contributed by atoms with Crippen LogP contribution in [0.2, 0.25) is 5.28 Å². The van der Waals surface area contributed by atoms with Gasteiger partial charge in [0.25, 0.3) is 6.43 Å². The van der Waals surface area contributed by atoms with Gasteiger partial charge in [-0.15, -0.1) is 0 Å². The summed E-state index contributed by atoms with van der Waals surface area (Å²) >= 11 is 5.58. The quantitative estimate of drug-likeness (QED) is 0.841. The molecule has 0 saturated carbocycles. The topological polar surface area (TPSA) is 79.8 Å². The SMILES string of the molecule is CC(C)C(=O)Nc1nc(Cl)nc(NC(CF)C(F)F)n1. The number of anilines is 2. The van der Waals surface area contributed by atoms with Crippen molar-refractivity contribution in [3.05, 3.63) is 5.28 Å². The van der Waals surface area contributed by atoms with E-state index in [2.05, 4.69) is 25.6 Å². The molecule has 0 aliphatic carbocycles. The monoisotopic (exact) mass is 311 g/mol. The summed E-state index contributed by atoms with van der Waals surface area (Å²) < 4.78 is 37.2. The molecular weight excluding hydrogens is 299 g/mol. The molecule has 6 nitrogen and oxygen atoms in total. The Morgan fingerprint density at radius 2 is 1.85 bits per heavy atom. The van der Waals surface area contributed by atoms with Crippen LogP contribution in [0.25, 0.3) is 0 Å². The molecule has 1 aromatic rings. The van der Waals surface area contributed by atoms with Crippen molar-refractivity contribution in [2.24, 2.45) is 5.92 Å². The van der Waals surface area contributed by atoms with Crippen molar-refractivity contribution in [1.29, 1.82) is 0 Å². The highest BCUT2D eigenvalue weighted by molar-refractivity contribution is 6.28. The fourth-order valence-electron chi connectivity index (χ4n) is 1.06. The minimum Gasteiger partial charge on any atom is -0.343 e. The number of nitrogens with zero attached hydrogens (tertiary/aromatic N) is 3. The summed E-state index contributed by atoms with van der Waals surface area (Å²) in [6.07, 6.45) is -2.94. The van der Waals surface area contributed by atoms with Crippen LogP contribution in [0.4, 0.5) is 25.1 Å². The van der Waals surface area contributed by atoms with Crippen molar-refractivity contribution in [1.82, 2.24) is 15.0 Å². The lowest BCUT2D eigenvalue weighted by Gasteiger charge is -2.14. The Balaban J connectivity index is 2.88. The molecule has 0 radical (unpaired) electrons. The van der Waals surface area contributed by atoms with E-state index in [1.165, 1.54) is 0 Å². The molecule has 112 valence electrons. The molecule has 20 heavy (non-hydrogen) atoms. The molecule has 1 atom stereocenters. The molecule has 1 aromatic heterocycles. The van der Waals surface area contributed by atoms with Gasteiger partial charge in [0.15, 0.2) is 0 Å². The lowest BCUT2D eigenvalue weighted by molar-refractivity contribution is -0.118. The maximum absolute atomic E-state index is 12.4. The van der Waals surface area contributed by atoms with Crippen LogP contribution in [0.5, 0.6) is 0 Å². The number of nitrogens with one attached hydrogen (secondary N) is 2. The Bertz CT molecular complexity index is 474. The molecule has 0 spiro atoms. The van der Waals surface area contributed by atoms with Crippen molar-refractivity contribution in [3.63, 3.8) is 0 Å². The summed E-state index contributed by atoms with van der Waals surface area (Å²) in [5.41, 5.74) is 0. The molecule has 2 N–H and O–H groups in total. The average molecular weight is 312 g/mol. The van der Waals surface area contributed by atoms with Gasteiger partial charge in [-0.2, -0.15) is 15.0 Å². The third-order valence-electron chi connectivity index (χ3n) is 2.15. The number of hydrogen-bond donors (Lipinski definition) is 2. The van der Waals surface area contributed by atoms with E-state index in [1.807, 2.05) is 0 Å². The number of aromatic nitrogens is 3. The summed E-state index contributed by atoms with van der Waals surface area (Å²) in [4.78, 5) is 22.3. The van der Waals surface area contributed by atoms with E-state index < -0.39 is 19.1 Å². The molecule has 0 aromatic carbocycles. The van der Waals surface area contributed by atoms with Gasteiger partial charge in [-0.05, 0) is 11.6 Å². The van der Waals surface area contributed by atoms with Crippen LogP contribution in [-0.4, -0.2) is 40.0 Å². The van der Waals surface area contributed by atoms with Crippen molar-refractivity contribution in [3.8, 4) is 0 Å². The lowest BCUT2D eigenvalue weighted by atomic mass is 10.2. The number of alkyl halides is 3. The molecule has 0 fully saturated rings. The van der Waals surface area contributed by atoms with Crippen molar-refractivity contribution >= 4 is 29.4 Å². The van der Waals surface area contributed by atoms with E-state index in [-0.39, 0.29) is 29.0 Å². The Hall–Kier alpha value is -1.64. The highest BCUT2D eigenvalue weighted by atomic mass is 35.5. The fraction of sp³-hybridized carbons (Fsp3) is 0.600. The first-order valence-corrected chi connectivity index (χ1v) is 6.04. The second-order valence-corrected chi connectivity index (χ2v) is 4.47. The molecule has 0 saturated heterocycles. The van der Waals surface area contributed by atoms with E-state index in [0.717, 1.165) is 0 Å². The predicted octanol–water partition coefficient (Wildman–Crippen LogP) is 2.13. The molecule has 0 bridgehead atoms. The van der Waals surface area contributed by atoms with Crippen LogP contribution >= 0.6 is 11.6 Å². The number of rotatable bonds is 6. The maximum atomic E-state index is 12.4. The van der Waals surface area contributed by atoms with Gasteiger partial charge in [0, 0.05) is 5.92 Å². The first-order chi connectivity index (χ1) is 9.33. The summed E-state index contributed by atoms with van der Waals surface area (Å²) in [5, 5.41) is 4.11. The van der Waals surface area contributed by atoms with Gasteiger partial charge >= 0.3 is 0 Å². The molecular formula is C10H13ClF3N5O. The summed E-state index contributed by atoms with van der Waals surface area (Å²) in [6.45, 7) is 1.98. The first kappa shape index (κ1) is 16.4. The van der Waals surface area contributed by atoms with Crippen LogP contribution in [0.1, 0.15) is 13.8 Å². The fourth-order valence-corrected chi connectivity index (χ4v) is 1.22. The Kier molecular flexibility index (Phi) is 5.93. The van der Waals surface area contributed by atoms with E-state index in [9.17, 15) is 18.0 Å². The van der Waals surface area contributed by atoms with Gasteiger partial charge in [-0.1, -0.05) is 13.8 Å². The van der Waals surface area contributed by atoms with Gasteiger partial charge in [0.1, 0.15) is 12.7 Å². The van der Waals surface area contributed by atoms with Crippen LogP contribution in [0, 0.1) is 5.92 Å². The lowest BCUT2D eigenvalue weighted by Crippen LogP contribution is -2.31. The van der Waals surface area contributed by atoms with Gasteiger partial charge < -0.3 is 5.32 Å². The van der Waals surface area contributed by atoms with Crippen molar-refractivity contribution in [2.45, 2.75) is 26.3 Å². The van der Waals surface area contributed by atoms with E-state index in [0.29, 0.717) is 0 Å². The zero-order valence-corrected chi connectivity index (χ0v) is 11.5. The van der Waals surface area contributed by atoms with Crippen molar-refractivity contribution in [2.75, 3.05) is 17.3 Å². The van der Waals surface area contributed by atoms with Gasteiger partial charge in [0.05, 0.1) is 0 Å². The number of carbonyl (C=O) groups is 1. The number of halogens is 4. The van der Waals surface area contributed by atoms with E-state index in [4.69, 9.17) is 11.6 Å². The van der Waals surface area contributed by atoms with Crippen LogP contribution in [-0.2, 0) is 4.79 Å². The zero-order valence-electron chi connectivity index (χ0n) is 10.7.